The van der Waals surface area contributed by atoms with Crippen LogP contribution in [0.2, 0.25) is 5.15 Å². The molecule has 0 amide bonds. The maximum atomic E-state index is 12.5. The Morgan fingerprint density at radius 1 is 1.28 bits per heavy atom. The summed E-state index contributed by atoms with van der Waals surface area (Å²) in [5, 5.41) is 4.60. The molecule has 5 nitrogen and oxygen atoms in total. The van der Waals surface area contributed by atoms with Crippen LogP contribution in [-0.4, -0.2) is 27.6 Å². The average molecular weight is 361 g/mol. The summed E-state index contributed by atoms with van der Waals surface area (Å²) in [6.07, 6.45) is 2.15. The van der Waals surface area contributed by atoms with Crippen molar-refractivity contribution in [2.45, 2.75) is 52.2 Å². The normalized spacial score (nSPS) is 17.6. The van der Waals surface area contributed by atoms with Crippen molar-refractivity contribution in [2.75, 3.05) is 0 Å². The Balaban J connectivity index is 1.77. The number of hydrogen-bond donors (Lipinski definition) is 0. The Labute approximate surface area is 151 Å². The van der Waals surface area contributed by atoms with Crippen LogP contribution in [-0.2, 0) is 16.1 Å². The van der Waals surface area contributed by atoms with E-state index in [9.17, 15) is 9.59 Å². The van der Waals surface area contributed by atoms with E-state index in [0.29, 0.717) is 25.1 Å². The standard InChI is InChI=1S/C19H21ClN2O3/c1-12-7-9-14(10-8-12)11-22-18(20)17(13(2)21-22)19(24)25-16-6-4-3-5-15(16)23/h7-10,16H,3-6,11H2,1-2H3/t16-/m1/s1. The van der Waals surface area contributed by atoms with Gasteiger partial charge in [-0.2, -0.15) is 5.10 Å². The molecule has 0 unspecified atom stereocenters. The number of ether oxygens (including phenoxy) is 1. The molecule has 1 atom stereocenters. The van der Waals surface area contributed by atoms with E-state index in [2.05, 4.69) is 5.10 Å². The van der Waals surface area contributed by atoms with Crippen molar-refractivity contribution in [1.82, 2.24) is 9.78 Å². The smallest absolute Gasteiger partial charge is 0.343 e. The molecule has 25 heavy (non-hydrogen) atoms. The lowest BCUT2D eigenvalue weighted by Gasteiger charge is -2.20. The number of esters is 1. The van der Waals surface area contributed by atoms with E-state index in [-0.39, 0.29) is 16.5 Å². The molecule has 132 valence electrons. The lowest BCUT2D eigenvalue weighted by molar-refractivity contribution is -0.129. The van der Waals surface area contributed by atoms with Crippen molar-refractivity contribution in [1.29, 1.82) is 0 Å². The van der Waals surface area contributed by atoms with Crippen LogP contribution >= 0.6 is 11.6 Å². The molecule has 0 aliphatic heterocycles. The molecule has 0 bridgehead atoms. The Morgan fingerprint density at radius 3 is 2.68 bits per heavy atom. The molecule has 1 fully saturated rings. The van der Waals surface area contributed by atoms with E-state index in [4.69, 9.17) is 16.3 Å². The molecular formula is C19H21ClN2O3. The molecule has 1 aromatic heterocycles. The molecule has 0 N–H and O–H groups in total. The highest BCUT2D eigenvalue weighted by Crippen LogP contribution is 2.25. The van der Waals surface area contributed by atoms with Gasteiger partial charge in [0.15, 0.2) is 11.9 Å². The van der Waals surface area contributed by atoms with Gasteiger partial charge in [0, 0.05) is 6.42 Å². The summed E-state index contributed by atoms with van der Waals surface area (Å²) in [5.74, 6) is -0.585. The fourth-order valence-corrected chi connectivity index (χ4v) is 3.33. The number of aryl methyl sites for hydroxylation is 2. The fraction of sp³-hybridized carbons (Fsp3) is 0.421. The first kappa shape index (κ1) is 17.7. The predicted molar refractivity (Wildman–Crippen MR) is 94.9 cm³/mol. The number of carbonyl (C=O) groups excluding carboxylic acids is 2. The summed E-state index contributed by atoms with van der Waals surface area (Å²) in [5.41, 5.74) is 2.96. The highest BCUT2D eigenvalue weighted by molar-refractivity contribution is 6.32. The van der Waals surface area contributed by atoms with Crippen molar-refractivity contribution in [3.05, 3.63) is 51.8 Å². The van der Waals surface area contributed by atoms with Crippen LogP contribution in [0.25, 0.3) is 0 Å². The van der Waals surface area contributed by atoms with Gasteiger partial charge in [-0.15, -0.1) is 0 Å². The number of benzene rings is 1. The summed E-state index contributed by atoms with van der Waals surface area (Å²) < 4.78 is 6.99. The average Bonchev–Trinajstić information content (AvgIpc) is 2.85. The van der Waals surface area contributed by atoms with Gasteiger partial charge in [0.05, 0.1) is 12.2 Å². The van der Waals surface area contributed by atoms with E-state index in [1.165, 1.54) is 5.56 Å². The number of carbonyl (C=O) groups is 2. The van der Waals surface area contributed by atoms with E-state index >= 15 is 0 Å². The Kier molecular flexibility index (Phi) is 5.23. The number of halogens is 1. The Morgan fingerprint density at radius 2 is 2.00 bits per heavy atom. The van der Waals surface area contributed by atoms with Crippen LogP contribution in [0.4, 0.5) is 0 Å². The molecule has 0 saturated heterocycles. The molecule has 2 aromatic rings. The first-order valence-electron chi connectivity index (χ1n) is 8.48. The zero-order chi connectivity index (χ0) is 18.0. The zero-order valence-electron chi connectivity index (χ0n) is 14.4. The monoisotopic (exact) mass is 360 g/mol. The molecule has 0 spiro atoms. The zero-order valence-corrected chi connectivity index (χ0v) is 15.2. The number of rotatable bonds is 4. The maximum Gasteiger partial charge on any atom is 0.343 e. The minimum atomic E-state index is -0.655. The van der Waals surface area contributed by atoms with Gasteiger partial charge in [0.1, 0.15) is 10.7 Å². The third-order valence-electron chi connectivity index (χ3n) is 4.47. The largest absolute Gasteiger partial charge is 0.451 e. The lowest BCUT2D eigenvalue weighted by atomic mass is 9.96. The fourth-order valence-electron chi connectivity index (χ4n) is 3.02. The highest BCUT2D eigenvalue weighted by Gasteiger charge is 2.29. The molecule has 1 heterocycles. The summed E-state index contributed by atoms with van der Waals surface area (Å²) in [4.78, 5) is 24.4. The van der Waals surface area contributed by atoms with Gasteiger partial charge in [-0.25, -0.2) is 9.48 Å². The van der Waals surface area contributed by atoms with E-state index in [1.54, 1.807) is 11.6 Å². The third-order valence-corrected chi connectivity index (χ3v) is 4.85. The van der Waals surface area contributed by atoms with Crippen molar-refractivity contribution in [3.8, 4) is 0 Å². The number of aromatic nitrogens is 2. The number of nitrogens with zero attached hydrogens (tertiary/aromatic N) is 2. The van der Waals surface area contributed by atoms with Gasteiger partial charge < -0.3 is 4.74 Å². The topological polar surface area (TPSA) is 61.2 Å². The minimum absolute atomic E-state index is 0.0135. The van der Waals surface area contributed by atoms with Crippen LogP contribution in [0.1, 0.15) is 52.9 Å². The highest BCUT2D eigenvalue weighted by atomic mass is 35.5. The molecular weight excluding hydrogens is 340 g/mol. The van der Waals surface area contributed by atoms with E-state index < -0.39 is 12.1 Å². The minimum Gasteiger partial charge on any atom is -0.451 e. The molecule has 1 aliphatic carbocycles. The summed E-state index contributed by atoms with van der Waals surface area (Å²) in [6, 6.07) is 8.04. The van der Waals surface area contributed by atoms with Gasteiger partial charge in [0.2, 0.25) is 0 Å². The van der Waals surface area contributed by atoms with Crippen molar-refractivity contribution in [2.24, 2.45) is 0 Å². The van der Waals surface area contributed by atoms with Crippen molar-refractivity contribution in [3.63, 3.8) is 0 Å². The Bertz CT molecular complexity index is 796. The lowest BCUT2D eigenvalue weighted by Crippen LogP contribution is -2.30. The molecule has 1 aromatic carbocycles. The van der Waals surface area contributed by atoms with E-state index in [1.807, 2.05) is 31.2 Å². The van der Waals surface area contributed by atoms with Crippen LogP contribution in [0.5, 0.6) is 0 Å². The molecule has 3 rings (SSSR count). The van der Waals surface area contributed by atoms with Gasteiger partial charge in [0.25, 0.3) is 0 Å². The Hall–Kier alpha value is -2.14. The van der Waals surface area contributed by atoms with Gasteiger partial charge in [-0.05, 0) is 38.7 Å². The molecule has 1 saturated carbocycles. The first-order chi connectivity index (χ1) is 12.0. The second-order valence-corrected chi connectivity index (χ2v) is 6.86. The van der Waals surface area contributed by atoms with Crippen molar-refractivity contribution < 1.29 is 14.3 Å². The SMILES string of the molecule is Cc1ccc(Cn2nc(C)c(C(=O)O[C@@H]3CCCCC3=O)c2Cl)cc1. The second-order valence-electron chi connectivity index (χ2n) is 6.50. The van der Waals surface area contributed by atoms with Gasteiger partial charge >= 0.3 is 5.97 Å². The van der Waals surface area contributed by atoms with Gasteiger partial charge in [-0.3, -0.25) is 4.79 Å². The number of hydrogen-bond acceptors (Lipinski definition) is 4. The third kappa shape index (κ3) is 3.93. The van der Waals surface area contributed by atoms with Gasteiger partial charge in [-0.1, -0.05) is 41.4 Å². The van der Waals surface area contributed by atoms with Crippen LogP contribution in [0, 0.1) is 13.8 Å². The van der Waals surface area contributed by atoms with Crippen LogP contribution < -0.4 is 0 Å². The summed E-state index contributed by atoms with van der Waals surface area (Å²) >= 11 is 6.37. The first-order valence-corrected chi connectivity index (χ1v) is 8.85. The summed E-state index contributed by atoms with van der Waals surface area (Å²) in [6.45, 7) is 4.21. The van der Waals surface area contributed by atoms with Crippen LogP contribution in [0.3, 0.4) is 0 Å². The number of ketones is 1. The molecule has 0 radical (unpaired) electrons. The second kappa shape index (κ2) is 7.40. The molecule has 6 heteroatoms. The van der Waals surface area contributed by atoms with E-state index in [0.717, 1.165) is 18.4 Å². The van der Waals surface area contributed by atoms with Crippen LogP contribution in [0.15, 0.2) is 24.3 Å². The van der Waals surface area contributed by atoms with Crippen molar-refractivity contribution >= 4 is 23.4 Å². The summed E-state index contributed by atoms with van der Waals surface area (Å²) in [7, 11) is 0. The quantitative estimate of drug-likeness (QED) is 0.776. The maximum absolute atomic E-state index is 12.5. The predicted octanol–water partition coefficient (Wildman–Crippen LogP) is 3.87. The molecule has 1 aliphatic rings. The number of Topliss-reactive ketones (excluding diaryl/α,β-unsaturated/α-hetero) is 1.